The number of nitrogens with one attached hydrogen (secondary N) is 1. The molecular formula is C37H74N2O6. The molecule has 5 atom stereocenters. The van der Waals surface area contributed by atoms with Crippen LogP contribution in [0.25, 0.3) is 0 Å². The van der Waals surface area contributed by atoms with Crippen molar-refractivity contribution >= 4 is 6.03 Å². The van der Waals surface area contributed by atoms with Crippen LogP contribution in [0.4, 0.5) is 4.79 Å². The fraction of sp³-hybridized carbons (Fsp3) is 0.973. The van der Waals surface area contributed by atoms with Gasteiger partial charge in [0.15, 0.2) is 6.23 Å². The summed E-state index contributed by atoms with van der Waals surface area (Å²) in [5.41, 5.74) is 0. The van der Waals surface area contributed by atoms with Gasteiger partial charge in [-0.05, 0) is 12.8 Å². The van der Waals surface area contributed by atoms with Crippen molar-refractivity contribution < 1.29 is 30.0 Å². The maximum Gasteiger partial charge on any atom is 0.319 e. The second-order valence-corrected chi connectivity index (χ2v) is 13.6. The van der Waals surface area contributed by atoms with Crippen molar-refractivity contribution in [1.82, 2.24) is 10.2 Å². The van der Waals surface area contributed by atoms with Crippen molar-refractivity contribution in [3.05, 3.63) is 0 Å². The molecule has 5 N–H and O–H groups in total. The van der Waals surface area contributed by atoms with Gasteiger partial charge in [0.05, 0.1) is 6.61 Å². The zero-order valence-electron chi connectivity index (χ0n) is 29.4. The van der Waals surface area contributed by atoms with Crippen molar-refractivity contribution in [3.63, 3.8) is 0 Å². The lowest BCUT2D eigenvalue weighted by Gasteiger charge is -2.44. The molecule has 0 bridgehead atoms. The minimum Gasteiger partial charge on any atom is -0.394 e. The van der Waals surface area contributed by atoms with E-state index in [4.69, 9.17) is 4.74 Å². The summed E-state index contributed by atoms with van der Waals surface area (Å²) in [6, 6.07) is -0.337. The third-order valence-electron chi connectivity index (χ3n) is 9.49. The maximum absolute atomic E-state index is 13.2. The van der Waals surface area contributed by atoms with Gasteiger partial charge >= 0.3 is 6.03 Å². The number of hydrogen-bond acceptors (Lipinski definition) is 6. The maximum atomic E-state index is 13.2. The number of unbranched alkanes of at least 4 members (excludes halogenated alkanes) is 24. The minimum atomic E-state index is -1.50. The lowest BCUT2D eigenvalue weighted by molar-refractivity contribution is -0.257. The van der Waals surface area contributed by atoms with Crippen LogP contribution in [0.3, 0.4) is 0 Å². The van der Waals surface area contributed by atoms with Gasteiger partial charge in [-0.15, -0.1) is 0 Å². The van der Waals surface area contributed by atoms with E-state index in [1.54, 1.807) is 0 Å². The molecule has 0 spiro atoms. The molecule has 1 heterocycles. The topological polar surface area (TPSA) is 122 Å². The smallest absolute Gasteiger partial charge is 0.319 e. The molecule has 0 saturated carbocycles. The molecule has 1 rings (SSSR count). The van der Waals surface area contributed by atoms with E-state index in [9.17, 15) is 25.2 Å². The summed E-state index contributed by atoms with van der Waals surface area (Å²) in [5.74, 6) is 0. The molecule has 0 aliphatic carbocycles. The van der Waals surface area contributed by atoms with Crippen LogP contribution in [0, 0.1) is 0 Å². The molecule has 0 radical (unpaired) electrons. The van der Waals surface area contributed by atoms with Gasteiger partial charge in [-0.25, -0.2) is 4.79 Å². The summed E-state index contributed by atoms with van der Waals surface area (Å²) < 4.78 is 5.76. The first-order valence-electron chi connectivity index (χ1n) is 19.3. The molecule has 0 aromatic heterocycles. The van der Waals surface area contributed by atoms with Crippen LogP contribution in [0.15, 0.2) is 0 Å². The van der Waals surface area contributed by atoms with E-state index in [1.807, 2.05) is 0 Å². The van der Waals surface area contributed by atoms with E-state index in [1.165, 1.54) is 140 Å². The number of aliphatic hydroxyl groups is 4. The highest BCUT2D eigenvalue weighted by atomic mass is 16.6. The molecule has 1 aliphatic rings. The number of nitrogens with zero attached hydrogens (tertiary/aromatic N) is 1. The van der Waals surface area contributed by atoms with Gasteiger partial charge < -0.3 is 30.5 Å². The monoisotopic (exact) mass is 643 g/mol. The van der Waals surface area contributed by atoms with Crippen molar-refractivity contribution in [2.24, 2.45) is 0 Å². The number of carbonyl (C=O) groups is 1. The van der Waals surface area contributed by atoms with Gasteiger partial charge in [0.2, 0.25) is 0 Å². The third kappa shape index (κ3) is 20.1. The van der Waals surface area contributed by atoms with Gasteiger partial charge in [-0.2, -0.15) is 0 Å². The zero-order valence-corrected chi connectivity index (χ0v) is 29.4. The average molecular weight is 643 g/mol. The Hall–Kier alpha value is -0.930. The van der Waals surface area contributed by atoms with E-state index >= 15 is 0 Å². The minimum absolute atomic E-state index is 0.337. The van der Waals surface area contributed by atoms with Crippen LogP contribution in [-0.2, 0) is 4.74 Å². The highest BCUT2D eigenvalue weighted by molar-refractivity contribution is 5.74. The number of ether oxygens (including phenoxy) is 1. The Morgan fingerprint density at radius 3 is 1.33 bits per heavy atom. The van der Waals surface area contributed by atoms with E-state index in [0.29, 0.717) is 13.1 Å². The Balaban J connectivity index is 2.32. The second kappa shape index (κ2) is 29.2. The molecular weight excluding hydrogens is 568 g/mol. The summed E-state index contributed by atoms with van der Waals surface area (Å²) in [7, 11) is 0. The molecule has 0 aromatic carbocycles. The number of aliphatic hydroxyl groups excluding tert-OH is 4. The Morgan fingerprint density at radius 2 is 0.933 bits per heavy atom. The lowest BCUT2D eigenvalue weighted by atomic mass is 9.97. The molecule has 2 amide bonds. The molecule has 268 valence electrons. The second-order valence-electron chi connectivity index (χ2n) is 13.6. The molecule has 1 saturated heterocycles. The summed E-state index contributed by atoms with van der Waals surface area (Å²) in [6.07, 6.45) is 25.9. The number of rotatable bonds is 30. The third-order valence-corrected chi connectivity index (χ3v) is 9.49. The highest BCUT2D eigenvalue weighted by Crippen LogP contribution is 2.25. The molecule has 45 heavy (non-hydrogen) atoms. The summed E-state index contributed by atoms with van der Waals surface area (Å²) >= 11 is 0. The quantitative estimate of drug-likeness (QED) is 0.0507. The van der Waals surface area contributed by atoms with Crippen LogP contribution in [0.2, 0.25) is 0 Å². The lowest BCUT2D eigenvalue weighted by Crippen LogP contribution is -2.65. The van der Waals surface area contributed by atoms with Gasteiger partial charge in [-0.3, -0.25) is 4.90 Å². The number of urea groups is 1. The van der Waals surface area contributed by atoms with Gasteiger partial charge in [-0.1, -0.05) is 168 Å². The zero-order chi connectivity index (χ0) is 33.0. The van der Waals surface area contributed by atoms with Crippen molar-refractivity contribution in [2.45, 2.75) is 211 Å². The first kappa shape index (κ1) is 42.1. The average Bonchev–Trinajstić information content (AvgIpc) is 3.04. The summed E-state index contributed by atoms with van der Waals surface area (Å²) in [4.78, 5) is 14.7. The Morgan fingerprint density at radius 1 is 0.556 bits per heavy atom. The van der Waals surface area contributed by atoms with Gasteiger partial charge in [0.25, 0.3) is 0 Å². The predicted molar refractivity (Wildman–Crippen MR) is 185 cm³/mol. The largest absolute Gasteiger partial charge is 0.394 e. The molecule has 8 nitrogen and oxygen atoms in total. The van der Waals surface area contributed by atoms with Crippen molar-refractivity contribution in [1.29, 1.82) is 0 Å². The molecule has 8 heteroatoms. The first-order valence-corrected chi connectivity index (χ1v) is 19.3. The van der Waals surface area contributed by atoms with Gasteiger partial charge in [0.1, 0.15) is 24.4 Å². The van der Waals surface area contributed by atoms with Crippen LogP contribution >= 0.6 is 0 Å². The summed E-state index contributed by atoms with van der Waals surface area (Å²) in [6.45, 7) is 4.92. The summed E-state index contributed by atoms with van der Waals surface area (Å²) in [5, 5.41) is 43.9. The van der Waals surface area contributed by atoms with Crippen LogP contribution in [0.1, 0.15) is 181 Å². The Labute approximate surface area is 277 Å². The fourth-order valence-corrected chi connectivity index (χ4v) is 6.42. The Bertz CT molecular complexity index is 667. The number of carbonyl (C=O) groups excluding carboxylic acids is 1. The number of hydrogen-bond donors (Lipinski definition) is 5. The predicted octanol–water partition coefficient (Wildman–Crippen LogP) is 7.98. The highest BCUT2D eigenvalue weighted by Gasteiger charge is 2.46. The van der Waals surface area contributed by atoms with Crippen molar-refractivity contribution in [2.75, 3.05) is 19.7 Å². The Kier molecular flexibility index (Phi) is 27.3. The molecule has 1 fully saturated rings. The van der Waals surface area contributed by atoms with Crippen molar-refractivity contribution in [3.8, 4) is 0 Å². The first-order chi connectivity index (χ1) is 22.0. The van der Waals surface area contributed by atoms with E-state index in [0.717, 1.165) is 32.1 Å². The van der Waals surface area contributed by atoms with Gasteiger partial charge in [0, 0.05) is 13.1 Å². The van der Waals surface area contributed by atoms with Crippen LogP contribution < -0.4 is 5.32 Å². The van der Waals surface area contributed by atoms with E-state index in [-0.39, 0.29) is 6.03 Å². The van der Waals surface area contributed by atoms with E-state index < -0.39 is 37.3 Å². The SMILES string of the molecule is CCCCCCCCCCCCCCCCCCN(C(=O)NCCCCCCCCCCCC)[C@@H]1O[C@H](CO)[C@@H](O)[C@H](O)[C@H]1O. The molecule has 0 unspecified atom stereocenters. The molecule has 0 aromatic rings. The van der Waals surface area contributed by atoms with Crippen LogP contribution in [0.5, 0.6) is 0 Å². The standard InChI is InChI=1S/C37H74N2O6/c1-3-5-7-9-11-13-15-16-17-18-19-20-22-24-26-28-30-39(36-35(43)34(42)33(41)32(31-40)45-36)37(44)38-29-27-25-23-21-14-12-10-8-6-4-2/h32-36,40-43H,3-31H2,1-2H3,(H,38,44)/t32-,33-,34+,35-,36-/m1/s1. The van der Waals surface area contributed by atoms with E-state index in [2.05, 4.69) is 19.2 Å². The normalized spacial score (nSPS) is 21.7. The van der Waals surface area contributed by atoms with Crippen LogP contribution in [-0.4, -0.2) is 81.7 Å². The fourth-order valence-electron chi connectivity index (χ4n) is 6.42. The number of amides is 2. The molecule has 1 aliphatic heterocycles.